The van der Waals surface area contributed by atoms with E-state index in [1.807, 2.05) is 13.8 Å². The average Bonchev–Trinajstić information content (AvgIpc) is 2.36. The maximum absolute atomic E-state index is 11.4. The zero-order valence-corrected chi connectivity index (χ0v) is 11.5. The number of hydrogen-bond donors (Lipinski definition) is 2. The summed E-state index contributed by atoms with van der Waals surface area (Å²) in [5.41, 5.74) is 1.43. The van der Waals surface area contributed by atoms with E-state index in [0.717, 1.165) is 5.56 Å². The lowest BCUT2D eigenvalue weighted by molar-refractivity contribution is 0.0526. The number of hydrogen-bond acceptors (Lipinski definition) is 3. The molecule has 5 nitrogen and oxygen atoms in total. The quantitative estimate of drug-likeness (QED) is 0.800. The molecule has 0 aliphatic rings. The molecule has 0 spiro atoms. The monoisotopic (exact) mass is 264 g/mol. The van der Waals surface area contributed by atoms with Crippen LogP contribution in [0.1, 0.15) is 36.7 Å². The van der Waals surface area contributed by atoms with Crippen molar-refractivity contribution in [3.05, 3.63) is 35.4 Å². The van der Waals surface area contributed by atoms with E-state index < -0.39 is 0 Å². The van der Waals surface area contributed by atoms with E-state index in [4.69, 9.17) is 4.74 Å². The van der Waals surface area contributed by atoms with E-state index in [9.17, 15) is 9.59 Å². The first-order valence-electron chi connectivity index (χ1n) is 6.33. The molecule has 2 amide bonds. The van der Waals surface area contributed by atoms with Crippen molar-refractivity contribution in [2.75, 3.05) is 6.61 Å². The fraction of sp³-hybridized carbons (Fsp3) is 0.429. The number of ether oxygens (including phenoxy) is 1. The largest absolute Gasteiger partial charge is 0.462 e. The molecule has 0 atom stereocenters. The summed E-state index contributed by atoms with van der Waals surface area (Å²) in [6.07, 6.45) is 0. The lowest BCUT2D eigenvalue weighted by Gasteiger charge is -2.10. The molecule has 0 unspecified atom stereocenters. The molecular formula is C14H20N2O3. The SMILES string of the molecule is CCOC(=O)c1ccc(CNC(=O)NC(C)C)cc1. The molecule has 1 rings (SSSR count). The molecule has 0 aromatic heterocycles. The van der Waals surface area contributed by atoms with E-state index in [2.05, 4.69) is 10.6 Å². The topological polar surface area (TPSA) is 67.4 Å². The molecule has 5 heteroatoms. The number of esters is 1. The Morgan fingerprint density at radius 3 is 2.37 bits per heavy atom. The summed E-state index contributed by atoms with van der Waals surface area (Å²) in [6.45, 7) is 6.34. The Morgan fingerprint density at radius 1 is 1.21 bits per heavy atom. The first-order valence-corrected chi connectivity index (χ1v) is 6.33. The highest BCUT2D eigenvalue weighted by Crippen LogP contribution is 2.06. The number of rotatable bonds is 5. The van der Waals surface area contributed by atoms with Crippen molar-refractivity contribution in [1.29, 1.82) is 0 Å². The summed E-state index contributed by atoms with van der Waals surface area (Å²) < 4.78 is 4.89. The van der Waals surface area contributed by atoms with Crippen molar-refractivity contribution in [2.45, 2.75) is 33.4 Å². The molecule has 0 saturated heterocycles. The van der Waals surface area contributed by atoms with E-state index in [0.29, 0.717) is 18.7 Å². The minimum absolute atomic E-state index is 0.103. The van der Waals surface area contributed by atoms with E-state index in [1.165, 1.54) is 0 Å². The average molecular weight is 264 g/mol. The Labute approximate surface area is 113 Å². The number of carbonyl (C=O) groups is 2. The molecule has 0 bridgehead atoms. The summed E-state index contributed by atoms with van der Waals surface area (Å²) in [4.78, 5) is 22.8. The fourth-order valence-electron chi connectivity index (χ4n) is 1.47. The highest BCUT2D eigenvalue weighted by atomic mass is 16.5. The van der Waals surface area contributed by atoms with Gasteiger partial charge in [0.2, 0.25) is 0 Å². The van der Waals surface area contributed by atoms with Gasteiger partial charge in [0.15, 0.2) is 0 Å². The Bertz CT molecular complexity index is 427. The van der Waals surface area contributed by atoms with Crippen molar-refractivity contribution in [2.24, 2.45) is 0 Å². The smallest absolute Gasteiger partial charge is 0.338 e. The molecule has 2 N–H and O–H groups in total. The fourth-order valence-corrected chi connectivity index (χ4v) is 1.47. The first kappa shape index (κ1) is 15.0. The van der Waals surface area contributed by atoms with Crippen LogP contribution in [0.25, 0.3) is 0 Å². The van der Waals surface area contributed by atoms with Crippen LogP contribution in [0.4, 0.5) is 4.79 Å². The Morgan fingerprint density at radius 2 is 1.84 bits per heavy atom. The molecular weight excluding hydrogens is 244 g/mol. The Balaban J connectivity index is 2.48. The minimum atomic E-state index is -0.334. The standard InChI is InChI=1S/C14H20N2O3/c1-4-19-13(17)12-7-5-11(6-8-12)9-15-14(18)16-10(2)3/h5-8,10H,4,9H2,1-3H3,(H2,15,16,18). The van der Waals surface area contributed by atoms with Crippen molar-refractivity contribution < 1.29 is 14.3 Å². The highest BCUT2D eigenvalue weighted by molar-refractivity contribution is 5.89. The van der Waals surface area contributed by atoms with Gasteiger partial charge in [-0.05, 0) is 38.5 Å². The van der Waals surface area contributed by atoms with Crippen molar-refractivity contribution in [3.8, 4) is 0 Å². The molecule has 0 radical (unpaired) electrons. The first-order chi connectivity index (χ1) is 9.02. The van der Waals surface area contributed by atoms with Crippen LogP contribution in [0.15, 0.2) is 24.3 Å². The van der Waals surface area contributed by atoms with Gasteiger partial charge in [0.1, 0.15) is 0 Å². The van der Waals surface area contributed by atoms with Gasteiger partial charge in [-0.1, -0.05) is 12.1 Å². The van der Waals surface area contributed by atoms with Crippen LogP contribution in [0, 0.1) is 0 Å². The van der Waals surface area contributed by atoms with Crippen LogP contribution in [-0.2, 0) is 11.3 Å². The third-order valence-corrected chi connectivity index (χ3v) is 2.34. The molecule has 0 fully saturated rings. The third kappa shape index (κ3) is 5.42. The van der Waals surface area contributed by atoms with Gasteiger partial charge in [0.05, 0.1) is 12.2 Å². The third-order valence-electron chi connectivity index (χ3n) is 2.34. The zero-order valence-electron chi connectivity index (χ0n) is 11.5. The maximum Gasteiger partial charge on any atom is 0.338 e. The molecule has 0 aliphatic heterocycles. The lowest BCUT2D eigenvalue weighted by Crippen LogP contribution is -2.39. The van der Waals surface area contributed by atoms with Crippen LogP contribution >= 0.6 is 0 Å². The van der Waals surface area contributed by atoms with Gasteiger partial charge in [-0.3, -0.25) is 0 Å². The van der Waals surface area contributed by atoms with E-state index >= 15 is 0 Å². The minimum Gasteiger partial charge on any atom is -0.462 e. The van der Waals surface area contributed by atoms with Crippen LogP contribution in [0.5, 0.6) is 0 Å². The van der Waals surface area contributed by atoms with Crippen molar-refractivity contribution in [3.63, 3.8) is 0 Å². The van der Waals surface area contributed by atoms with Gasteiger partial charge in [-0.25, -0.2) is 9.59 Å². The molecule has 1 aromatic carbocycles. The molecule has 0 aliphatic carbocycles. The van der Waals surface area contributed by atoms with E-state index in [1.54, 1.807) is 31.2 Å². The van der Waals surface area contributed by atoms with Gasteiger partial charge in [-0.2, -0.15) is 0 Å². The van der Waals surface area contributed by atoms with Gasteiger partial charge < -0.3 is 15.4 Å². The second-order valence-corrected chi connectivity index (χ2v) is 4.40. The Hall–Kier alpha value is -2.04. The number of carbonyl (C=O) groups excluding carboxylic acids is 2. The summed E-state index contributed by atoms with van der Waals surface area (Å²) in [5, 5.41) is 5.47. The molecule has 19 heavy (non-hydrogen) atoms. The summed E-state index contributed by atoms with van der Waals surface area (Å²) in [5.74, 6) is -0.334. The van der Waals surface area contributed by atoms with Gasteiger partial charge in [0.25, 0.3) is 0 Å². The van der Waals surface area contributed by atoms with Gasteiger partial charge >= 0.3 is 12.0 Å². The molecule has 104 valence electrons. The summed E-state index contributed by atoms with van der Waals surface area (Å²) >= 11 is 0. The number of amides is 2. The number of urea groups is 1. The van der Waals surface area contributed by atoms with Crippen LogP contribution < -0.4 is 10.6 Å². The van der Waals surface area contributed by atoms with E-state index in [-0.39, 0.29) is 18.0 Å². The van der Waals surface area contributed by atoms with Crippen LogP contribution in [0.2, 0.25) is 0 Å². The highest BCUT2D eigenvalue weighted by Gasteiger charge is 2.06. The second-order valence-electron chi connectivity index (χ2n) is 4.40. The predicted molar refractivity (Wildman–Crippen MR) is 72.9 cm³/mol. The van der Waals surface area contributed by atoms with Crippen molar-refractivity contribution >= 4 is 12.0 Å². The van der Waals surface area contributed by atoms with Crippen molar-refractivity contribution in [1.82, 2.24) is 10.6 Å². The zero-order chi connectivity index (χ0) is 14.3. The summed E-state index contributed by atoms with van der Waals surface area (Å²) in [7, 11) is 0. The molecule has 0 saturated carbocycles. The Kier molecular flexibility index (Phi) is 5.85. The number of nitrogens with one attached hydrogen (secondary N) is 2. The summed E-state index contributed by atoms with van der Waals surface area (Å²) in [6, 6.07) is 6.87. The number of benzene rings is 1. The normalized spacial score (nSPS) is 10.1. The molecule has 1 aromatic rings. The van der Waals surface area contributed by atoms with Gasteiger partial charge in [-0.15, -0.1) is 0 Å². The van der Waals surface area contributed by atoms with Crippen LogP contribution in [0.3, 0.4) is 0 Å². The maximum atomic E-state index is 11.4. The predicted octanol–water partition coefficient (Wildman–Crippen LogP) is 2.07. The molecule has 0 heterocycles. The van der Waals surface area contributed by atoms with Crippen LogP contribution in [-0.4, -0.2) is 24.6 Å². The van der Waals surface area contributed by atoms with Gasteiger partial charge in [0, 0.05) is 12.6 Å². The second kappa shape index (κ2) is 7.41. The lowest BCUT2D eigenvalue weighted by atomic mass is 10.1.